The molecule has 0 saturated carbocycles. The number of carbonyl (C=O) groups is 1. The number of carbonyl (C=O) groups excluding carboxylic acids is 1. The van der Waals surface area contributed by atoms with Gasteiger partial charge in [-0.3, -0.25) is 0 Å². The summed E-state index contributed by atoms with van der Waals surface area (Å²) in [5.74, 6) is 0. The third kappa shape index (κ3) is 6.20. The largest absolute Gasteiger partial charge is 0.338 e. The number of anilines is 1. The summed E-state index contributed by atoms with van der Waals surface area (Å²) in [5.41, 5.74) is 1.83. The van der Waals surface area contributed by atoms with E-state index < -0.39 is 0 Å². The summed E-state index contributed by atoms with van der Waals surface area (Å²) in [6.45, 7) is 4.87. The van der Waals surface area contributed by atoms with Gasteiger partial charge in [0.25, 0.3) is 0 Å². The van der Waals surface area contributed by atoms with Crippen molar-refractivity contribution in [2.24, 2.45) is 0 Å². The summed E-state index contributed by atoms with van der Waals surface area (Å²) in [5, 5.41) is 6.51. The quantitative estimate of drug-likeness (QED) is 0.541. The zero-order valence-corrected chi connectivity index (χ0v) is 15.0. The van der Waals surface area contributed by atoms with Crippen LogP contribution >= 0.6 is 11.8 Å². The molecule has 0 aliphatic rings. The highest BCUT2D eigenvalue weighted by Crippen LogP contribution is 2.27. The van der Waals surface area contributed by atoms with E-state index in [1.54, 1.807) is 18.5 Å². The maximum atomic E-state index is 11.9. The van der Waals surface area contributed by atoms with Gasteiger partial charge in [0, 0.05) is 29.5 Å². The number of nitrogens with one attached hydrogen (secondary N) is 2. The molecular formula is C18H24N4OS. The fourth-order valence-corrected chi connectivity index (χ4v) is 3.01. The minimum atomic E-state index is -0.151. The first-order chi connectivity index (χ1) is 11.7. The van der Waals surface area contributed by atoms with E-state index in [9.17, 15) is 4.79 Å². The number of aryl methyl sites for hydroxylation is 1. The van der Waals surface area contributed by atoms with E-state index >= 15 is 0 Å². The van der Waals surface area contributed by atoms with E-state index in [0.717, 1.165) is 29.0 Å². The summed E-state index contributed by atoms with van der Waals surface area (Å²) in [6, 6.07) is 7.55. The maximum absolute atomic E-state index is 11.9. The van der Waals surface area contributed by atoms with E-state index in [0.29, 0.717) is 11.7 Å². The van der Waals surface area contributed by atoms with Crippen LogP contribution in [0, 0.1) is 6.92 Å². The van der Waals surface area contributed by atoms with Gasteiger partial charge in [0.2, 0.25) is 0 Å². The summed E-state index contributed by atoms with van der Waals surface area (Å²) < 4.78 is 0. The number of benzene rings is 1. The number of aromatic nitrogens is 2. The Morgan fingerprint density at radius 3 is 2.67 bits per heavy atom. The molecule has 1 aromatic carbocycles. The van der Waals surface area contributed by atoms with Crippen molar-refractivity contribution in [2.75, 3.05) is 11.9 Å². The summed E-state index contributed by atoms with van der Waals surface area (Å²) >= 11 is 1.50. The Bertz CT molecular complexity index is 649. The van der Waals surface area contributed by atoms with Crippen LogP contribution in [0.4, 0.5) is 10.5 Å². The van der Waals surface area contributed by atoms with Crippen molar-refractivity contribution in [3.8, 4) is 0 Å². The van der Waals surface area contributed by atoms with Crippen molar-refractivity contribution in [3.05, 3.63) is 42.2 Å². The summed E-state index contributed by atoms with van der Waals surface area (Å²) in [4.78, 5) is 21.4. The van der Waals surface area contributed by atoms with Crippen LogP contribution in [-0.4, -0.2) is 22.5 Å². The molecule has 0 unspecified atom stereocenters. The number of nitrogens with zero attached hydrogens (tertiary/aromatic N) is 2. The number of unbranched alkanes of at least 4 members (excludes halogenated alkanes) is 3. The van der Waals surface area contributed by atoms with Crippen LogP contribution < -0.4 is 10.6 Å². The minimum absolute atomic E-state index is 0.151. The Kier molecular flexibility index (Phi) is 7.55. The third-order valence-electron chi connectivity index (χ3n) is 3.51. The molecule has 5 nitrogen and oxygen atoms in total. The Labute approximate surface area is 147 Å². The third-order valence-corrected chi connectivity index (χ3v) is 4.40. The van der Waals surface area contributed by atoms with Crippen molar-refractivity contribution in [1.82, 2.24) is 15.3 Å². The molecule has 0 saturated heterocycles. The second-order valence-electron chi connectivity index (χ2n) is 5.55. The Balaban J connectivity index is 1.84. The average Bonchev–Trinajstić information content (AvgIpc) is 2.58. The first kappa shape index (κ1) is 18.3. The van der Waals surface area contributed by atoms with E-state index in [2.05, 4.69) is 27.5 Å². The number of hydrogen-bond donors (Lipinski definition) is 2. The standard InChI is InChI=1S/C18H24N4OS/c1-3-4-5-6-10-19-17(23)22-16-9-8-15(13-14(16)2)24-18-20-11-7-12-21-18/h7-9,11-13H,3-6,10H2,1-2H3,(H2,19,22,23). The molecule has 2 N–H and O–H groups in total. The molecule has 1 aromatic heterocycles. The predicted octanol–water partition coefficient (Wildman–Crippen LogP) is 4.64. The molecule has 1 heterocycles. The van der Waals surface area contributed by atoms with Crippen LogP contribution in [0.5, 0.6) is 0 Å². The van der Waals surface area contributed by atoms with Crippen LogP contribution in [0.2, 0.25) is 0 Å². The summed E-state index contributed by atoms with van der Waals surface area (Å²) in [6.07, 6.45) is 8.04. The zero-order chi connectivity index (χ0) is 17.2. The Morgan fingerprint density at radius 1 is 1.17 bits per heavy atom. The molecule has 6 heteroatoms. The van der Waals surface area contributed by atoms with Gasteiger partial charge in [-0.15, -0.1) is 0 Å². The van der Waals surface area contributed by atoms with Gasteiger partial charge in [-0.1, -0.05) is 26.2 Å². The van der Waals surface area contributed by atoms with Gasteiger partial charge in [-0.2, -0.15) is 0 Å². The topological polar surface area (TPSA) is 66.9 Å². The van der Waals surface area contributed by atoms with Gasteiger partial charge in [0.05, 0.1) is 0 Å². The Hall–Kier alpha value is -2.08. The van der Waals surface area contributed by atoms with Crippen LogP contribution in [0.15, 0.2) is 46.7 Å². The van der Waals surface area contributed by atoms with Crippen molar-refractivity contribution < 1.29 is 4.79 Å². The fraction of sp³-hybridized carbons (Fsp3) is 0.389. The number of amides is 2. The van der Waals surface area contributed by atoms with Gasteiger partial charge in [0.15, 0.2) is 5.16 Å². The number of urea groups is 1. The molecule has 0 atom stereocenters. The lowest BCUT2D eigenvalue weighted by Gasteiger charge is -2.11. The van der Waals surface area contributed by atoms with Gasteiger partial charge < -0.3 is 10.6 Å². The molecule has 2 rings (SSSR count). The average molecular weight is 344 g/mol. The minimum Gasteiger partial charge on any atom is -0.338 e. The Morgan fingerprint density at radius 2 is 1.96 bits per heavy atom. The SMILES string of the molecule is CCCCCCNC(=O)Nc1ccc(Sc2ncccn2)cc1C. The van der Waals surface area contributed by atoms with Crippen LogP contribution in [0.25, 0.3) is 0 Å². The van der Waals surface area contributed by atoms with Crippen molar-refractivity contribution >= 4 is 23.5 Å². The van der Waals surface area contributed by atoms with Crippen LogP contribution in [-0.2, 0) is 0 Å². The molecule has 0 radical (unpaired) electrons. The highest BCUT2D eigenvalue weighted by Gasteiger charge is 2.06. The molecule has 0 bridgehead atoms. The molecule has 128 valence electrons. The highest BCUT2D eigenvalue weighted by atomic mass is 32.2. The van der Waals surface area contributed by atoms with Crippen LogP contribution in [0.3, 0.4) is 0 Å². The van der Waals surface area contributed by atoms with Gasteiger partial charge in [-0.05, 0) is 54.9 Å². The number of rotatable bonds is 8. The van der Waals surface area contributed by atoms with E-state index in [1.807, 2.05) is 25.1 Å². The first-order valence-corrected chi connectivity index (χ1v) is 9.11. The highest BCUT2D eigenvalue weighted by molar-refractivity contribution is 7.99. The lowest BCUT2D eigenvalue weighted by atomic mass is 10.2. The summed E-state index contributed by atoms with van der Waals surface area (Å²) in [7, 11) is 0. The fourth-order valence-electron chi connectivity index (χ4n) is 2.20. The molecule has 0 spiro atoms. The first-order valence-electron chi connectivity index (χ1n) is 8.29. The predicted molar refractivity (Wildman–Crippen MR) is 98.5 cm³/mol. The maximum Gasteiger partial charge on any atom is 0.319 e. The lowest BCUT2D eigenvalue weighted by Crippen LogP contribution is -2.29. The van der Waals surface area contributed by atoms with Gasteiger partial charge in [0.1, 0.15) is 0 Å². The molecule has 2 amide bonds. The van der Waals surface area contributed by atoms with Crippen molar-refractivity contribution in [3.63, 3.8) is 0 Å². The van der Waals surface area contributed by atoms with Gasteiger partial charge >= 0.3 is 6.03 Å². The van der Waals surface area contributed by atoms with E-state index in [1.165, 1.54) is 24.6 Å². The van der Waals surface area contributed by atoms with E-state index in [-0.39, 0.29) is 6.03 Å². The smallest absolute Gasteiger partial charge is 0.319 e. The van der Waals surface area contributed by atoms with Gasteiger partial charge in [-0.25, -0.2) is 14.8 Å². The molecular weight excluding hydrogens is 320 g/mol. The zero-order valence-electron chi connectivity index (χ0n) is 14.2. The number of hydrogen-bond acceptors (Lipinski definition) is 4. The van der Waals surface area contributed by atoms with E-state index in [4.69, 9.17) is 0 Å². The second kappa shape index (κ2) is 9.93. The molecule has 0 aliphatic carbocycles. The second-order valence-corrected chi connectivity index (χ2v) is 6.59. The van der Waals surface area contributed by atoms with Crippen molar-refractivity contribution in [1.29, 1.82) is 0 Å². The molecule has 0 aliphatic heterocycles. The monoisotopic (exact) mass is 344 g/mol. The molecule has 24 heavy (non-hydrogen) atoms. The van der Waals surface area contributed by atoms with Crippen molar-refractivity contribution in [2.45, 2.75) is 49.6 Å². The lowest BCUT2D eigenvalue weighted by molar-refractivity contribution is 0.252. The normalized spacial score (nSPS) is 10.4. The van der Waals surface area contributed by atoms with Crippen LogP contribution in [0.1, 0.15) is 38.2 Å². The molecule has 0 fully saturated rings. The molecule has 2 aromatic rings.